The van der Waals surface area contributed by atoms with Gasteiger partial charge < -0.3 is 0 Å². The number of anilines is 1. The molecule has 0 radical (unpaired) electrons. The van der Waals surface area contributed by atoms with Crippen LogP contribution in [0.1, 0.15) is 0 Å². The Morgan fingerprint density at radius 1 is 1.31 bits per heavy atom. The van der Waals surface area contributed by atoms with Gasteiger partial charge in [0, 0.05) is 7.05 Å². The second-order valence-corrected chi connectivity index (χ2v) is 3.59. The number of nitrogens with zero attached hydrogens (tertiary/aromatic N) is 1. The predicted octanol–water partition coefficient (Wildman–Crippen LogP) is 0.430. The van der Waals surface area contributed by atoms with Crippen LogP contribution in [-0.4, -0.2) is 20.0 Å². The van der Waals surface area contributed by atoms with E-state index in [9.17, 15) is 8.42 Å². The van der Waals surface area contributed by atoms with Crippen LogP contribution in [0.5, 0.6) is 0 Å². The maximum Gasteiger partial charge on any atom is 0.350 e. The third-order valence-corrected chi connectivity index (χ3v) is 1.90. The van der Waals surface area contributed by atoms with Gasteiger partial charge in [-0.2, -0.15) is 8.42 Å². The number of hydrazine groups is 1. The van der Waals surface area contributed by atoms with Gasteiger partial charge >= 0.3 is 10.3 Å². The van der Waals surface area contributed by atoms with Crippen LogP contribution in [-0.2, 0) is 10.3 Å². The lowest BCUT2D eigenvalue weighted by molar-refractivity contribution is 0.467. The van der Waals surface area contributed by atoms with E-state index in [1.165, 1.54) is 12.1 Å². The Morgan fingerprint density at radius 2 is 1.85 bits per heavy atom. The number of hydrogen-bond acceptors (Lipinski definition) is 3. The van der Waals surface area contributed by atoms with Crippen molar-refractivity contribution in [3.8, 4) is 0 Å². The Morgan fingerprint density at radius 3 is 2.31 bits per heavy atom. The van der Waals surface area contributed by atoms with E-state index in [2.05, 4.69) is 0 Å². The van der Waals surface area contributed by atoms with Crippen LogP contribution in [0.3, 0.4) is 0 Å². The summed E-state index contributed by atoms with van der Waals surface area (Å²) in [6.45, 7) is 0. The molecule has 1 aromatic rings. The molecule has 0 fully saturated rings. The zero-order valence-corrected chi connectivity index (χ0v) is 7.82. The molecular weight excluding hydrogens is 192 g/mol. The molecule has 0 saturated carbocycles. The molecule has 1 rings (SSSR count). The Hall–Kier alpha value is -1.11. The molecule has 0 aliphatic rings. The second kappa shape index (κ2) is 3.73. The second-order valence-electron chi connectivity index (χ2n) is 2.46. The van der Waals surface area contributed by atoms with E-state index in [0.29, 0.717) is 5.69 Å². The number of nitrogens with one attached hydrogen (secondary N) is 1. The maximum atomic E-state index is 10.4. The Balaban J connectivity index is 2.76. The fourth-order valence-corrected chi connectivity index (χ4v) is 1.33. The van der Waals surface area contributed by atoms with Crippen LogP contribution in [0.4, 0.5) is 5.69 Å². The first kappa shape index (κ1) is 9.97. The molecule has 0 aromatic heterocycles. The number of benzene rings is 1. The monoisotopic (exact) mass is 202 g/mol. The molecule has 0 unspecified atom stereocenters. The molecule has 13 heavy (non-hydrogen) atoms. The summed E-state index contributed by atoms with van der Waals surface area (Å²) < 4.78 is 29.3. The number of rotatable bonds is 3. The molecule has 0 spiro atoms. The minimum atomic E-state index is -4.20. The average molecular weight is 202 g/mol. The smallest absolute Gasteiger partial charge is 0.296 e. The highest BCUT2D eigenvalue weighted by atomic mass is 32.2. The van der Waals surface area contributed by atoms with Gasteiger partial charge in [0.05, 0.1) is 5.69 Å². The highest BCUT2D eigenvalue weighted by molar-refractivity contribution is 7.83. The summed E-state index contributed by atoms with van der Waals surface area (Å²) in [4.78, 5) is 1.90. The van der Waals surface area contributed by atoms with Gasteiger partial charge in [-0.1, -0.05) is 18.2 Å². The SMILES string of the molecule is CN(NS(=O)(=O)O)c1ccccc1. The van der Waals surface area contributed by atoms with Crippen LogP contribution < -0.4 is 9.84 Å². The fraction of sp³-hybridized carbons (Fsp3) is 0.143. The van der Waals surface area contributed by atoms with Crippen molar-refractivity contribution in [2.24, 2.45) is 0 Å². The van der Waals surface area contributed by atoms with E-state index < -0.39 is 10.3 Å². The van der Waals surface area contributed by atoms with E-state index in [4.69, 9.17) is 4.55 Å². The summed E-state index contributed by atoms with van der Waals surface area (Å²) in [5, 5.41) is 1.20. The van der Waals surface area contributed by atoms with Gasteiger partial charge in [-0.3, -0.25) is 9.56 Å². The van der Waals surface area contributed by atoms with Crippen LogP contribution in [0.25, 0.3) is 0 Å². The lowest BCUT2D eigenvalue weighted by atomic mass is 10.3. The van der Waals surface area contributed by atoms with Crippen LogP contribution >= 0.6 is 0 Å². The zero-order chi connectivity index (χ0) is 9.90. The quantitative estimate of drug-likeness (QED) is 0.551. The maximum absolute atomic E-state index is 10.4. The Bertz CT molecular complexity index is 363. The van der Waals surface area contributed by atoms with Gasteiger partial charge in [-0.15, -0.1) is 4.83 Å². The lowest BCUT2D eigenvalue weighted by Crippen LogP contribution is -2.38. The van der Waals surface area contributed by atoms with Crippen molar-refractivity contribution < 1.29 is 13.0 Å². The third-order valence-electron chi connectivity index (χ3n) is 1.40. The molecule has 0 bridgehead atoms. The summed E-state index contributed by atoms with van der Waals surface area (Å²) in [5.74, 6) is 0. The summed E-state index contributed by atoms with van der Waals surface area (Å²) in [6, 6.07) is 8.75. The van der Waals surface area contributed by atoms with Crippen molar-refractivity contribution in [1.82, 2.24) is 4.83 Å². The van der Waals surface area contributed by atoms with Gasteiger partial charge in [0.25, 0.3) is 0 Å². The van der Waals surface area contributed by atoms with Crippen molar-refractivity contribution in [1.29, 1.82) is 0 Å². The number of para-hydroxylation sites is 1. The highest BCUT2D eigenvalue weighted by Gasteiger charge is 2.07. The van der Waals surface area contributed by atoms with Gasteiger partial charge in [-0.05, 0) is 12.1 Å². The molecule has 1 aromatic carbocycles. The Labute approximate surface area is 76.8 Å². The summed E-state index contributed by atoms with van der Waals surface area (Å²) in [5.41, 5.74) is 0.639. The van der Waals surface area contributed by atoms with Gasteiger partial charge in [-0.25, -0.2) is 0 Å². The van der Waals surface area contributed by atoms with Crippen molar-refractivity contribution >= 4 is 16.0 Å². The van der Waals surface area contributed by atoms with Gasteiger partial charge in [0.2, 0.25) is 0 Å². The van der Waals surface area contributed by atoms with Crippen molar-refractivity contribution in [2.75, 3.05) is 12.1 Å². The Kier molecular flexibility index (Phi) is 2.86. The van der Waals surface area contributed by atoms with E-state index in [1.807, 2.05) is 10.9 Å². The molecule has 0 saturated heterocycles. The molecule has 0 aliphatic heterocycles. The topological polar surface area (TPSA) is 69.6 Å². The lowest BCUT2D eigenvalue weighted by Gasteiger charge is -2.17. The third kappa shape index (κ3) is 3.41. The first-order chi connectivity index (χ1) is 5.99. The van der Waals surface area contributed by atoms with E-state index >= 15 is 0 Å². The van der Waals surface area contributed by atoms with Crippen molar-refractivity contribution in [2.45, 2.75) is 0 Å². The molecule has 2 N–H and O–H groups in total. The zero-order valence-electron chi connectivity index (χ0n) is 7.01. The predicted molar refractivity (Wildman–Crippen MR) is 49.5 cm³/mol. The van der Waals surface area contributed by atoms with Crippen LogP contribution in [0.2, 0.25) is 0 Å². The fourth-order valence-electron chi connectivity index (χ4n) is 0.877. The highest BCUT2D eigenvalue weighted by Crippen LogP contribution is 2.08. The molecule has 6 heteroatoms. The minimum Gasteiger partial charge on any atom is -0.296 e. The first-order valence-electron chi connectivity index (χ1n) is 3.53. The molecule has 0 heterocycles. The molecule has 0 aliphatic carbocycles. The van der Waals surface area contributed by atoms with Crippen molar-refractivity contribution in [3.05, 3.63) is 30.3 Å². The van der Waals surface area contributed by atoms with E-state index in [0.717, 1.165) is 0 Å². The van der Waals surface area contributed by atoms with Crippen LogP contribution in [0, 0.1) is 0 Å². The molecular formula is C7H10N2O3S. The summed E-state index contributed by atoms with van der Waals surface area (Å²) >= 11 is 0. The first-order valence-corrected chi connectivity index (χ1v) is 4.97. The van der Waals surface area contributed by atoms with Crippen molar-refractivity contribution in [3.63, 3.8) is 0 Å². The van der Waals surface area contributed by atoms with E-state index in [1.54, 1.807) is 24.3 Å². The van der Waals surface area contributed by atoms with Gasteiger partial charge in [0.1, 0.15) is 0 Å². The molecule has 0 amide bonds. The average Bonchev–Trinajstić information content (AvgIpc) is 2.03. The number of hydrogen-bond donors (Lipinski definition) is 2. The molecule has 0 atom stereocenters. The molecule has 72 valence electrons. The summed E-state index contributed by atoms with van der Waals surface area (Å²) in [6.07, 6.45) is 0. The summed E-state index contributed by atoms with van der Waals surface area (Å²) in [7, 11) is -2.71. The largest absolute Gasteiger partial charge is 0.350 e. The minimum absolute atomic E-state index is 0.639. The normalized spacial score (nSPS) is 11.2. The standard InChI is InChI=1S/C7H10N2O3S/c1-9(8-13(10,11)12)7-5-3-2-4-6-7/h2-6,8H,1H3,(H,10,11,12). The van der Waals surface area contributed by atoms with Gasteiger partial charge in [0.15, 0.2) is 0 Å². The van der Waals surface area contributed by atoms with Crippen LogP contribution in [0.15, 0.2) is 30.3 Å². The van der Waals surface area contributed by atoms with E-state index in [-0.39, 0.29) is 0 Å². The molecule has 5 nitrogen and oxygen atoms in total.